The third-order valence-electron chi connectivity index (χ3n) is 3.60. The van der Waals surface area contributed by atoms with Crippen LogP contribution in [0.1, 0.15) is 20.0 Å². The summed E-state index contributed by atoms with van der Waals surface area (Å²) in [5, 5.41) is 1.39. The van der Waals surface area contributed by atoms with Gasteiger partial charge >= 0.3 is 5.97 Å². The summed E-state index contributed by atoms with van der Waals surface area (Å²) in [7, 11) is 3.25. The number of ketones is 1. The van der Waals surface area contributed by atoms with E-state index >= 15 is 0 Å². The Morgan fingerprint density at radius 1 is 1.26 bits per heavy atom. The van der Waals surface area contributed by atoms with Crippen LogP contribution in [0.2, 0.25) is 5.02 Å². The molecule has 0 saturated heterocycles. The van der Waals surface area contributed by atoms with Gasteiger partial charge < -0.3 is 9.64 Å². The van der Waals surface area contributed by atoms with Crippen LogP contribution in [0.15, 0.2) is 30.3 Å². The summed E-state index contributed by atoms with van der Waals surface area (Å²) in [6, 6.07) is 8.55. The molecule has 23 heavy (non-hydrogen) atoms. The molecule has 1 aliphatic heterocycles. The van der Waals surface area contributed by atoms with Gasteiger partial charge in [0.05, 0.1) is 11.6 Å². The van der Waals surface area contributed by atoms with Crippen LogP contribution >= 0.6 is 22.9 Å². The highest BCUT2D eigenvalue weighted by atomic mass is 35.5. The fraction of sp³-hybridized carbons (Fsp3) is 0.176. The number of esters is 1. The minimum absolute atomic E-state index is 0.0583. The van der Waals surface area contributed by atoms with E-state index in [1.165, 1.54) is 18.4 Å². The Morgan fingerprint density at radius 2 is 1.96 bits per heavy atom. The van der Waals surface area contributed by atoms with Gasteiger partial charge in [-0.25, -0.2) is 4.79 Å². The number of halogens is 1. The second-order valence-electron chi connectivity index (χ2n) is 5.24. The monoisotopic (exact) mass is 347 g/mol. The van der Waals surface area contributed by atoms with Crippen molar-refractivity contribution in [3.8, 4) is 0 Å². The molecule has 0 spiro atoms. The molecule has 1 aliphatic rings. The van der Waals surface area contributed by atoms with Gasteiger partial charge in [0.25, 0.3) is 0 Å². The molecule has 1 aromatic heterocycles. The molecule has 0 aliphatic carbocycles. The van der Waals surface area contributed by atoms with Crippen molar-refractivity contribution in [1.29, 1.82) is 0 Å². The Bertz CT molecular complexity index is 899. The lowest BCUT2D eigenvalue weighted by molar-refractivity contribution is 0.0606. The number of fused-ring (bicyclic) bond motifs is 1. The minimum Gasteiger partial charge on any atom is -0.465 e. The van der Waals surface area contributed by atoms with Crippen molar-refractivity contribution in [2.75, 3.05) is 20.7 Å². The number of nitrogens with zero attached hydrogens (tertiary/aromatic N) is 1. The van der Waals surface area contributed by atoms with E-state index in [2.05, 4.69) is 0 Å². The Labute approximate surface area is 142 Å². The van der Waals surface area contributed by atoms with E-state index < -0.39 is 5.97 Å². The molecule has 0 unspecified atom stereocenters. The molecule has 0 atom stereocenters. The van der Waals surface area contributed by atoms with E-state index in [9.17, 15) is 9.59 Å². The lowest BCUT2D eigenvalue weighted by Gasteiger charge is -2.19. The average molecular weight is 348 g/mol. The maximum absolute atomic E-state index is 12.8. The summed E-state index contributed by atoms with van der Waals surface area (Å²) in [6.45, 7) is 0.492. The third-order valence-corrected chi connectivity index (χ3v) is 4.90. The number of thiophene rings is 1. The van der Waals surface area contributed by atoms with Gasteiger partial charge in [-0.05, 0) is 30.3 Å². The zero-order chi connectivity index (χ0) is 16.6. The molecule has 6 heteroatoms. The van der Waals surface area contributed by atoms with Crippen LogP contribution in [0.3, 0.4) is 0 Å². The van der Waals surface area contributed by atoms with Gasteiger partial charge in [0.1, 0.15) is 4.88 Å². The molecule has 2 aromatic rings. The third kappa shape index (κ3) is 3.02. The van der Waals surface area contributed by atoms with Crippen molar-refractivity contribution < 1.29 is 14.3 Å². The molecule has 4 nitrogen and oxygen atoms in total. The maximum atomic E-state index is 12.8. The number of carbonyl (C=O) groups is 2. The fourth-order valence-corrected chi connectivity index (χ4v) is 3.72. The minimum atomic E-state index is -0.390. The summed E-state index contributed by atoms with van der Waals surface area (Å²) >= 11 is 7.20. The Kier molecular flexibility index (Phi) is 4.24. The standard InChI is InChI=1S/C17H14ClNO3S/c1-19-8-13(16(20)10-3-5-11(18)6-4-10)12-7-14(17(21)22-2)23-15(12)9-19/h3-7,9H,8H2,1-2H3. The van der Waals surface area contributed by atoms with Gasteiger partial charge in [-0.3, -0.25) is 4.79 Å². The van der Waals surface area contributed by atoms with Gasteiger partial charge in [0.2, 0.25) is 0 Å². The largest absolute Gasteiger partial charge is 0.465 e. The first-order valence-corrected chi connectivity index (χ1v) is 8.12. The van der Waals surface area contributed by atoms with Crippen molar-refractivity contribution in [2.24, 2.45) is 0 Å². The molecule has 2 heterocycles. The number of ether oxygens (including phenoxy) is 1. The van der Waals surface area contributed by atoms with Crippen LogP contribution in [0.5, 0.6) is 0 Å². The Morgan fingerprint density at radius 3 is 2.61 bits per heavy atom. The van der Waals surface area contributed by atoms with Crippen molar-refractivity contribution in [3.05, 3.63) is 55.5 Å². The van der Waals surface area contributed by atoms with Gasteiger partial charge in [-0.1, -0.05) is 11.6 Å². The first kappa shape index (κ1) is 15.8. The van der Waals surface area contributed by atoms with E-state index in [0.717, 1.165) is 9.75 Å². The van der Waals surface area contributed by atoms with Gasteiger partial charge in [0.15, 0.2) is 5.78 Å². The summed E-state index contributed by atoms with van der Waals surface area (Å²) in [5.41, 5.74) is 1.25. The van der Waals surface area contributed by atoms with Gasteiger partial charge in [-0.2, -0.15) is 0 Å². The van der Waals surface area contributed by atoms with E-state index in [0.29, 0.717) is 27.6 Å². The van der Waals surface area contributed by atoms with E-state index in [-0.39, 0.29) is 5.78 Å². The first-order chi connectivity index (χ1) is 11.0. The molecule has 0 amide bonds. The second kappa shape index (κ2) is 6.18. The van der Waals surface area contributed by atoms with E-state index in [1.807, 2.05) is 18.1 Å². The fourth-order valence-electron chi connectivity index (χ4n) is 2.49. The maximum Gasteiger partial charge on any atom is 0.348 e. The molecule has 0 bridgehead atoms. The number of Topliss-reactive ketones (excluding diaryl/α,β-unsaturated/α-hetero) is 1. The summed E-state index contributed by atoms with van der Waals surface area (Å²) in [5.74, 6) is -0.448. The lowest BCUT2D eigenvalue weighted by Crippen LogP contribution is -2.36. The van der Waals surface area contributed by atoms with Crippen molar-refractivity contribution >= 4 is 46.5 Å². The van der Waals surface area contributed by atoms with Crippen LogP contribution in [0.4, 0.5) is 0 Å². The molecule has 0 fully saturated rings. The molecule has 3 rings (SSSR count). The SMILES string of the molecule is COC(=O)c1cc2c(s1)=CN(C)CC=2C(=O)c1ccc(Cl)cc1. The van der Waals surface area contributed by atoms with Gasteiger partial charge in [-0.15, -0.1) is 11.3 Å². The second-order valence-corrected chi connectivity index (χ2v) is 6.76. The highest BCUT2D eigenvalue weighted by Crippen LogP contribution is 2.16. The highest BCUT2D eigenvalue weighted by Gasteiger charge is 2.20. The predicted molar refractivity (Wildman–Crippen MR) is 91.2 cm³/mol. The van der Waals surface area contributed by atoms with Crippen LogP contribution in [-0.4, -0.2) is 37.4 Å². The molecular formula is C17H14ClNO3S. The quantitative estimate of drug-likeness (QED) is 0.628. The van der Waals surface area contributed by atoms with Crippen molar-refractivity contribution in [2.45, 2.75) is 0 Å². The molecular weight excluding hydrogens is 334 g/mol. The number of carbonyl (C=O) groups excluding carboxylic acids is 2. The number of rotatable bonds is 3. The van der Waals surface area contributed by atoms with Crippen LogP contribution in [-0.2, 0) is 4.74 Å². The van der Waals surface area contributed by atoms with E-state index in [1.54, 1.807) is 30.3 Å². The number of methoxy groups -OCH3 is 1. The summed E-state index contributed by atoms with van der Waals surface area (Å²) < 4.78 is 5.66. The van der Waals surface area contributed by atoms with Crippen molar-refractivity contribution in [3.63, 3.8) is 0 Å². The molecule has 118 valence electrons. The molecule has 1 aromatic carbocycles. The van der Waals surface area contributed by atoms with Crippen LogP contribution in [0.25, 0.3) is 11.8 Å². The number of hydrogen-bond donors (Lipinski definition) is 0. The van der Waals surface area contributed by atoms with Crippen molar-refractivity contribution in [1.82, 2.24) is 4.90 Å². The van der Waals surface area contributed by atoms with Crippen LogP contribution < -0.4 is 9.75 Å². The first-order valence-electron chi connectivity index (χ1n) is 6.93. The predicted octanol–water partition coefficient (Wildman–Crippen LogP) is 1.91. The molecule has 0 radical (unpaired) electrons. The molecule has 0 N–H and O–H groups in total. The number of benzene rings is 1. The lowest BCUT2D eigenvalue weighted by atomic mass is 10.00. The van der Waals surface area contributed by atoms with Gasteiger partial charge in [0, 0.05) is 41.2 Å². The normalized spacial score (nSPS) is 13.3. The Hall–Kier alpha value is -2.11. The number of hydrogen-bond acceptors (Lipinski definition) is 5. The van der Waals surface area contributed by atoms with Crippen LogP contribution in [0, 0.1) is 0 Å². The highest BCUT2D eigenvalue weighted by molar-refractivity contribution is 7.11. The molecule has 0 saturated carbocycles. The smallest absolute Gasteiger partial charge is 0.348 e. The Balaban J connectivity index is 2.15. The summed E-state index contributed by atoms with van der Waals surface area (Å²) in [4.78, 5) is 27.0. The average Bonchev–Trinajstić information content (AvgIpc) is 2.97. The zero-order valence-corrected chi connectivity index (χ0v) is 14.2. The topological polar surface area (TPSA) is 46.6 Å². The summed E-state index contributed by atoms with van der Waals surface area (Å²) in [6.07, 6.45) is 1.94. The zero-order valence-electron chi connectivity index (χ0n) is 12.6. The van der Waals surface area contributed by atoms with E-state index in [4.69, 9.17) is 16.3 Å².